The quantitative estimate of drug-likeness (QED) is 0.544. The van der Waals surface area contributed by atoms with Gasteiger partial charge < -0.3 is 9.64 Å². The van der Waals surface area contributed by atoms with E-state index in [1.807, 2.05) is 0 Å². The summed E-state index contributed by atoms with van der Waals surface area (Å²) in [5.74, 6) is -3.49. The van der Waals surface area contributed by atoms with Crippen molar-refractivity contribution in [1.82, 2.24) is 0 Å². The Morgan fingerprint density at radius 1 is 1.15 bits per heavy atom. The number of alkyl halides is 2. The monoisotopic (exact) mass is 478 g/mol. The number of hydrogen-bond donors (Lipinski definition) is 0. The molecular formula is C24H25F3N2O3S. The highest BCUT2D eigenvalue weighted by atomic mass is 32.2. The highest BCUT2D eigenvalue weighted by Gasteiger charge is 2.38. The summed E-state index contributed by atoms with van der Waals surface area (Å²) in [5, 5.41) is -0.358. The Morgan fingerprint density at radius 3 is 2.45 bits per heavy atom. The van der Waals surface area contributed by atoms with Crippen LogP contribution in [0.3, 0.4) is 0 Å². The predicted molar refractivity (Wildman–Crippen MR) is 123 cm³/mol. The fourth-order valence-corrected chi connectivity index (χ4v) is 5.52. The molecule has 2 aliphatic rings. The maximum absolute atomic E-state index is 13.8. The molecule has 176 valence electrons. The average molecular weight is 479 g/mol. The molecule has 0 aliphatic carbocycles. The minimum atomic E-state index is -2.73. The van der Waals surface area contributed by atoms with Crippen molar-refractivity contribution in [3.63, 3.8) is 0 Å². The Labute approximate surface area is 194 Å². The smallest absolute Gasteiger partial charge is 0.340 e. The maximum atomic E-state index is 13.8. The topological polar surface area (TPSA) is 49.9 Å². The number of anilines is 2. The van der Waals surface area contributed by atoms with Crippen LogP contribution in [0.5, 0.6) is 0 Å². The summed E-state index contributed by atoms with van der Waals surface area (Å²) in [7, 11) is 0. The van der Waals surface area contributed by atoms with Gasteiger partial charge in [0.05, 0.1) is 29.3 Å². The Bertz CT molecular complexity index is 1050. The molecule has 0 bridgehead atoms. The summed E-state index contributed by atoms with van der Waals surface area (Å²) in [4.78, 5) is 29.0. The Kier molecular flexibility index (Phi) is 6.61. The predicted octanol–water partition coefficient (Wildman–Crippen LogP) is 5.32. The molecule has 1 atom stereocenters. The number of carbonyl (C=O) groups is 2. The number of esters is 1. The number of carbonyl (C=O) groups excluding carboxylic acids is 2. The number of rotatable bonds is 5. The second-order valence-electron chi connectivity index (χ2n) is 8.15. The standard InChI is InChI=1S/C24H25F3N2O3S/c1-3-32-23(31)18-8-9-19(15(2)21(18)28-12-10-24(26,27)11-13-28)29-20(30)14-33-22(29)16-4-6-17(25)7-5-16/h4-9,22H,3,10-14H2,1-2H3. The maximum Gasteiger partial charge on any atom is 0.340 e. The highest BCUT2D eigenvalue weighted by molar-refractivity contribution is 8.00. The summed E-state index contributed by atoms with van der Waals surface area (Å²) in [5.41, 5.74) is 2.83. The van der Waals surface area contributed by atoms with Crippen LogP contribution in [0.4, 0.5) is 24.5 Å². The lowest BCUT2D eigenvalue weighted by molar-refractivity contribution is -0.115. The van der Waals surface area contributed by atoms with Crippen molar-refractivity contribution in [1.29, 1.82) is 0 Å². The largest absolute Gasteiger partial charge is 0.462 e. The lowest BCUT2D eigenvalue weighted by Crippen LogP contribution is -2.40. The summed E-state index contributed by atoms with van der Waals surface area (Å²) >= 11 is 1.43. The molecule has 2 aliphatic heterocycles. The van der Waals surface area contributed by atoms with E-state index in [2.05, 4.69) is 0 Å². The zero-order valence-electron chi connectivity index (χ0n) is 18.4. The fourth-order valence-electron chi connectivity index (χ4n) is 4.35. The summed E-state index contributed by atoms with van der Waals surface area (Å²) in [6.45, 7) is 3.86. The van der Waals surface area contributed by atoms with Gasteiger partial charge >= 0.3 is 5.97 Å². The van der Waals surface area contributed by atoms with E-state index in [0.29, 0.717) is 22.5 Å². The third-order valence-electron chi connectivity index (χ3n) is 5.99. The Hall–Kier alpha value is -2.68. The SMILES string of the molecule is CCOC(=O)c1ccc(N2C(=O)CSC2c2ccc(F)cc2)c(C)c1N1CCC(F)(F)CC1. The molecule has 2 aromatic rings. The first-order chi connectivity index (χ1) is 15.7. The number of thioether (sulfide) groups is 1. The van der Waals surface area contributed by atoms with Crippen molar-refractivity contribution in [3.8, 4) is 0 Å². The van der Waals surface area contributed by atoms with Gasteiger partial charge in [-0.05, 0) is 49.2 Å². The molecule has 2 fully saturated rings. The zero-order valence-corrected chi connectivity index (χ0v) is 19.3. The van der Waals surface area contributed by atoms with Crippen LogP contribution in [0.1, 0.15) is 46.6 Å². The Balaban J connectivity index is 1.77. The molecule has 0 saturated carbocycles. The fraction of sp³-hybridized carbons (Fsp3) is 0.417. The van der Waals surface area contributed by atoms with Gasteiger partial charge in [0.2, 0.25) is 5.91 Å². The molecule has 1 amide bonds. The molecular weight excluding hydrogens is 453 g/mol. The van der Waals surface area contributed by atoms with Gasteiger partial charge in [-0.25, -0.2) is 18.0 Å². The molecule has 2 saturated heterocycles. The minimum absolute atomic E-state index is 0.0911. The van der Waals surface area contributed by atoms with E-state index in [-0.39, 0.29) is 55.4 Å². The third-order valence-corrected chi connectivity index (χ3v) is 7.20. The van der Waals surface area contributed by atoms with E-state index in [0.717, 1.165) is 5.56 Å². The van der Waals surface area contributed by atoms with Crippen molar-refractivity contribution in [2.45, 2.75) is 38.0 Å². The van der Waals surface area contributed by atoms with Gasteiger partial charge in [0.25, 0.3) is 5.92 Å². The molecule has 1 unspecified atom stereocenters. The minimum Gasteiger partial charge on any atom is -0.462 e. The number of halogens is 3. The molecule has 9 heteroatoms. The molecule has 0 spiro atoms. The van der Waals surface area contributed by atoms with Gasteiger partial charge in [0.15, 0.2) is 0 Å². The summed E-state index contributed by atoms with van der Waals surface area (Å²) in [6.07, 6.45) is -0.620. The van der Waals surface area contributed by atoms with Crippen LogP contribution in [0, 0.1) is 12.7 Å². The van der Waals surface area contributed by atoms with E-state index in [4.69, 9.17) is 4.74 Å². The molecule has 5 nitrogen and oxygen atoms in total. The molecule has 2 aromatic carbocycles. The first-order valence-corrected chi connectivity index (χ1v) is 11.9. The van der Waals surface area contributed by atoms with Crippen LogP contribution in [0.15, 0.2) is 36.4 Å². The van der Waals surface area contributed by atoms with Crippen molar-refractivity contribution < 1.29 is 27.5 Å². The molecule has 2 heterocycles. The van der Waals surface area contributed by atoms with E-state index < -0.39 is 11.9 Å². The second-order valence-corrected chi connectivity index (χ2v) is 9.22. The number of nitrogens with zero attached hydrogens (tertiary/aromatic N) is 2. The van der Waals surface area contributed by atoms with E-state index in [1.54, 1.807) is 47.9 Å². The van der Waals surface area contributed by atoms with Crippen LogP contribution < -0.4 is 9.80 Å². The van der Waals surface area contributed by atoms with E-state index in [9.17, 15) is 22.8 Å². The third kappa shape index (κ3) is 4.69. The van der Waals surface area contributed by atoms with Crippen LogP contribution in [0.25, 0.3) is 0 Å². The highest BCUT2D eigenvalue weighted by Crippen LogP contribution is 2.45. The lowest BCUT2D eigenvalue weighted by Gasteiger charge is -2.36. The second kappa shape index (κ2) is 9.29. The number of amides is 1. The number of hydrogen-bond acceptors (Lipinski definition) is 5. The lowest BCUT2D eigenvalue weighted by atomic mass is 9.99. The van der Waals surface area contributed by atoms with Crippen molar-refractivity contribution >= 4 is 35.0 Å². The summed E-state index contributed by atoms with van der Waals surface area (Å²) in [6, 6.07) is 9.30. The van der Waals surface area contributed by atoms with Crippen molar-refractivity contribution in [3.05, 3.63) is 58.9 Å². The number of ether oxygens (including phenoxy) is 1. The van der Waals surface area contributed by atoms with Crippen LogP contribution in [-0.2, 0) is 9.53 Å². The van der Waals surface area contributed by atoms with Crippen molar-refractivity contribution in [2.75, 3.05) is 35.2 Å². The van der Waals surface area contributed by atoms with Gasteiger partial charge in [-0.2, -0.15) is 0 Å². The summed E-state index contributed by atoms with van der Waals surface area (Å²) < 4.78 is 46.3. The Morgan fingerprint density at radius 2 is 1.82 bits per heavy atom. The molecule has 4 rings (SSSR count). The zero-order chi connectivity index (χ0) is 23.8. The molecule has 0 N–H and O–H groups in total. The number of benzene rings is 2. The molecule has 0 aromatic heterocycles. The van der Waals surface area contributed by atoms with Gasteiger partial charge in [0, 0.05) is 25.9 Å². The van der Waals surface area contributed by atoms with Crippen molar-refractivity contribution in [2.24, 2.45) is 0 Å². The van der Waals surface area contributed by atoms with Crippen LogP contribution >= 0.6 is 11.8 Å². The van der Waals surface area contributed by atoms with Crippen LogP contribution in [-0.4, -0.2) is 43.2 Å². The van der Waals surface area contributed by atoms with Gasteiger partial charge in [-0.3, -0.25) is 9.69 Å². The van der Waals surface area contributed by atoms with E-state index in [1.165, 1.54) is 23.9 Å². The number of piperidine rings is 1. The van der Waals surface area contributed by atoms with Gasteiger partial charge in [0.1, 0.15) is 11.2 Å². The first-order valence-electron chi connectivity index (χ1n) is 10.8. The van der Waals surface area contributed by atoms with Gasteiger partial charge in [-0.1, -0.05) is 12.1 Å². The molecule has 33 heavy (non-hydrogen) atoms. The van der Waals surface area contributed by atoms with E-state index >= 15 is 0 Å². The molecule has 0 radical (unpaired) electrons. The normalized spacial score (nSPS) is 20.3. The van der Waals surface area contributed by atoms with Gasteiger partial charge in [-0.15, -0.1) is 11.8 Å². The van der Waals surface area contributed by atoms with Crippen LogP contribution in [0.2, 0.25) is 0 Å². The average Bonchev–Trinajstić information content (AvgIpc) is 3.15. The first kappa shape index (κ1) is 23.5.